The highest BCUT2D eigenvalue weighted by Gasteiger charge is 2.11. The number of rotatable bonds is 7. The van der Waals surface area contributed by atoms with Gasteiger partial charge >= 0.3 is 0 Å². The molecule has 0 amide bonds. The summed E-state index contributed by atoms with van der Waals surface area (Å²) in [5, 5.41) is 2.64. The molecule has 3 aromatic carbocycles. The van der Waals surface area contributed by atoms with Crippen LogP contribution in [0, 0.1) is 5.92 Å². The van der Waals surface area contributed by atoms with Crippen molar-refractivity contribution in [2.45, 2.75) is 26.8 Å². The van der Waals surface area contributed by atoms with Crippen molar-refractivity contribution in [3.8, 4) is 5.75 Å². The molecule has 0 aliphatic carbocycles. The molecule has 25 heavy (non-hydrogen) atoms. The van der Waals surface area contributed by atoms with E-state index in [0.717, 1.165) is 18.8 Å². The molecule has 0 atom stereocenters. The van der Waals surface area contributed by atoms with E-state index in [2.05, 4.69) is 73.3 Å². The van der Waals surface area contributed by atoms with Crippen LogP contribution in [-0.2, 0) is 6.54 Å². The second-order valence-corrected chi connectivity index (χ2v) is 6.94. The predicted molar refractivity (Wildman–Crippen MR) is 107 cm³/mol. The molecule has 0 N–H and O–H groups in total. The number of nitrogens with zero attached hydrogens (tertiary/aromatic N) is 1. The van der Waals surface area contributed by atoms with Crippen LogP contribution in [-0.4, -0.2) is 13.7 Å². The summed E-state index contributed by atoms with van der Waals surface area (Å²) in [4.78, 5) is 2.47. The van der Waals surface area contributed by atoms with E-state index in [1.807, 2.05) is 12.1 Å². The monoisotopic (exact) mass is 333 g/mol. The van der Waals surface area contributed by atoms with Crippen molar-refractivity contribution in [1.82, 2.24) is 0 Å². The molecule has 0 heterocycles. The minimum atomic E-state index is 0.688. The van der Waals surface area contributed by atoms with Crippen molar-refractivity contribution in [2.24, 2.45) is 5.92 Å². The van der Waals surface area contributed by atoms with E-state index in [-0.39, 0.29) is 0 Å². The Kier molecular flexibility index (Phi) is 5.60. The van der Waals surface area contributed by atoms with Crippen LogP contribution >= 0.6 is 0 Å². The number of anilines is 1. The highest BCUT2D eigenvalue weighted by Crippen LogP contribution is 2.25. The second kappa shape index (κ2) is 8.06. The number of benzene rings is 3. The Morgan fingerprint density at radius 3 is 2.32 bits per heavy atom. The third-order valence-electron chi connectivity index (χ3n) is 4.66. The Labute approximate surface area is 151 Å². The number of hydrogen-bond acceptors (Lipinski definition) is 2. The zero-order valence-corrected chi connectivity index (χ0v) is 15.4. The molecule has 0 radical (unpaired) electrons. The first kappa shape index (κ1) is 17.3. The van der Waals surface area contributed by atoms with E-state index in [9.17, 15) is 0 Å². The summed E-state index contributed by atoms with van der Waals surface area (Å²) >= 11 is 0. The third kappa shape index (κ3) is 4.33. The van der Waals surface area contributed by atoms with E-state index in [0.29, 0.717) is 5.92 Å². The van der Waals surface area contributed by atoms with Gasteiger partial charge in [0.1, 0.15) is 5.75 Å². The van der Waals surface area contributed by atoms with Crippen molar-refractivity contribution in [2.75, 3.05) is 18.6 Å². The minimum absolute atomic E-state index is 0.688. The molecule has 0 aliphatic heterocycles. The Morgan fingerprint density at radius 1 is 0.880 bits per heavy atom. The fourth-order valence-corrected chi connectivity index (χ4v) is 3.14. The fourth-order valence-electron chi connectivity index (χ4n) is 3.14. The molecule has 0 bridgehead atoms. The lowest BCUT2D eigenvalue weighted by Gasteiger charge is -2.27. The summed E-state index contributed by atoms with van der Waals surface area (Å²) in [5.41, 5.74) is 2.62. The molecule has 0 unspecified atom stereocenters. The lowest BCUT2D eigenvalue weighted by molar-refractivity contribution is 0.415. The Balaban J connectivity index is 1.90. The molecule has 2 nitrogen and oxygen atoms in total. The summed E-state index contributed by atoms with van der Waals surface area (Å²) in [6, 6.07) is 23.6. The molecule has 2 heteroatoms. The highest BCUT2D eigenvalue weighted by molar-refractivity contribution is 5.85. The zero-order valence-electron chi connectivity index (χ0n) is 15.4. The maximum absolute atomic E-state index is 5.30. The fraction of sp³-hybridized carbons (Fsp3) is 0.304. The van der Waals surface area contributed by atoms with Crippen LogP contribution in [0.25, 0.3) is 10.8 Å². The smallest absolute Gasteiger partial charge is 0.119 e. The van der Waals surface area contributed by atoms with Gasteiger partial charge in [0.05, 0.1) is 7.11 Å². The van der Waals surface area contributed by atoms with Gasteiger partial charge < -0.3 is 9.64 Å². The lowest BCUT2D eigenvalue weighted by atomic mass is 10.0. The Bertz CT molecular complexity index is 802. The maximum atomic E-state index is 5.30. The summed E-state index contributed by atoms with van der Waals surface area (Å²) in [6.07, 6.45) is 1.18. The van der Waals surface area contributed by atoms with Crippen molar-refractivity contribution in [3.05, 3.63) is 72.3 Å². The van der Waals surface area contributed by atoms with Gasteiger partial charge in [0.25, 0.3) is 0 Å². The van der Waals surface area contributed by atoms with Gasteiger partial charge in [-0.05, 0) is 52.9 Å². The molecular weight excluding hydrogens is 306 g/mol. The molecule has 3 aromatic rings. The SMILES string of the molecule is COc1ccc(N(CCC(C)C)Cc2cccc3ccccc23)cc1. The van der Waals surface area contributed by atoms with Crippen molar-refractivity contribution in [1.29, 1.82) is 0 Å². The van der Waals surface area contributed by atoms with Gasteiger partial charge in [0.15, 0.2) is 0 Å². The van der Waals surface area contributed by atoms with Crippen molar-refractivity contribution in [3.63, 3.8) is 0 Å². The molecule has 130 valence electrons. The van der Waals surface area contributed by atoms with Crippen LogP contribution in [0.1, 0.15) is 25.8 Å². The van der Waals surface area contributed by atoms with Gasteiger partial charge in [0, 0.05) is 18.8 Å². The molecule has 0 spiro atoms. The van der Waals surface area contributed by atoms with E-state index in [1.165, 1.54) is 28.4 Å². The molecule has 0 aliphatic rings. The van der Waals surface area contributed by atoms with E-state index in [1.54, 1.807) is 7.11 Å². The Hall–Kier alpha value is -2.48. The maximum Gasteiger partial charge on any atom is 0.119 e. The van der Waals surface area contributed by atoms with Gasteiger partial charge in [0.2, 0.25) is 0 Å². The average Bonchev–Trinajstić information content (AvgIpc) is 2.65. The van der Waals surface area contributed by atoms with Crippen LogP contribution in [0.15, 0.2) is 66.7 Å². The molecule has 0 saturated carbocycles. The lowest BCUT2D eigenvalue weighted by Crippen LogP contribution is -2.25. The number of hydrogen-bond donors (Lipinski definition) is 0. The first-order valence-corrected chi connectivity index (χ1v) is 9.03. The standard InChI is InChI=1S/C23H27NO/c1-18(2)15-16-24(21-11-13-22(25-3)14-12-21)17-20-9-6-8-19-7-4-5-10-23(19)20/h4-14,18H,15-17H2,1-3H3. The number of methoxy groups -OCH3 is 1. The van der Waals surface area contributed by atoms with Crippen molar-refractivity contribution >= 4 is 16.5 Å². The quantitative estimate of drug-likeness (QED) is 0.533. The number of fused-ring (bicyclic) bond motifs is 1. The van der Waals surface area contributed by atoms with Gasteiger partial charge in [-0.2, -0.15) is 0 Å². The first-order chi connectivity index (χ1) is 12.2. The van der Waals surface area contributed by atoms with Crippen molar-refractivity contribution < 1.29 is 4.74 Å². The predicted octanol–water partition coefficient (Wildman–Crippen LogP) is 5.90. The van der Waals surface area contributed by atoms with Crippen LogP contribution < -0.4 is 9.64 Å². The largest absolute Gasteiger partial charge is 0.497 e. The normalized spacial score (nSPS) is 11.0. The molecule has 0 saturated heterocycles. The summed E-state index contributed by atoms with van der Waals surface area (Å²) in [6.45, 7) is 6.53. The van der Waals surface area contributed by atoms with Gasteiger partial charge in [-0.3, -0.25) is 0 Å². The molecule has 0 fully saturated rings. The summed E-state index contributed by atoms with van der Waals surface area (Å²) in [7, 11) is 1.71. The molecule has 0 aromatic heterocycles. The zero-order chi connectivity index (χ0) is 17.6. The number of ether oxygens (including phenoxy) is 1. The van der Waals surface area contributed by atoms with Gasteiger partial charge in [-0.15, -0.1) is 0 Å². The van der Waals surface area contributed by atoms with Crippen LogP contribution in [0.2, 0.25) is 0 Å². The molecule has 3 rings (SSSR count). The summed E-state index contributed by atoms with van der Waals surface area (Å²) in [5.74, 6) is 1.59. The van der Waals surface area contributed by atoms with Crippen LogP contribution in [0.5, 0.6) is 5.75 Å². The first-order valence-electron chi connectivity index (χ1n) is 9.03. The average molecular weight is 333 g/mol. The van der Waals surface area contributed by atoms with Gasteiger partial charge in [-0.25, -0.2) is 0 Å². The second-order valence-electron chi connectivity index (χ2n) is 6.94. The molecular formula is C23H27NO. The topological polar surface area (TPSA) is 12.5 Å². The third-order valence-corrected chi connectivity index (χ3v) is 4.66. The summed E-state index contributed by atoms with van der Waals surface area (Å²) < 4.78 is 5.30. The van der Waals surface area contributed by atoms with E-state index in [4.69, 9.17) is 4.74 Å². The van der Waals surface area contributed by atoms with Gasteiger partial charge in [-0.1, -0.05) is 56.3 Å². The Morgan fingerprint density at radius 2 is 1.60 bits per heavy atom. The minimum Gasteiger partial charge on any atom is -0.497 e. The highest BCUT2D eigenvalue weighted by atomic mass is 16.5. The van der Waals surface area contributed by atoms with Crippen LogP contribution in [0.3, 0.4) is 0 Å². The van der Waals surface area contributed by atoms with E-state index >= 15 is 0 Å². The van der Waals surface area contributed by atoms with E-state index < -0.39 is 0 Å². The van der Waals surface area contributed by atoms with Crippen LogP contribution in [0.4, 0.5) is 5.69 Å².